The lowest BCUT2D eigenvalue weighted by atomic mass is 10.1. The topological polar surface area (TPSA) is 80.6 Å². The van der Waals surface area contributed by atoms with Gasteiger partial charge in [-0.1, -0.05) is 0 Å². The summed E-state index contributed by atoms with van der Waals surface area (Å²) in [4.78, 5) is 23.7. The Kier molecular flexibility index (Phi) is 4.23. The summed E-state index contributed by atoms with van der Waals surface area (Å²) in [6.45, 7) is 2.64. The predicted octanol–water partition coefficient (Wildman–Crippen LogP) is 2.01. The van der Waals surface area contributed by atoms with Crippen LogP contribution in [-0.4, -0.2) is 32.0 Å². The van der Waals surface area contributed by atoms with Gasteiger partial charge >= 0.3 is 0 Å². The number of aryl methyl sites for hydroxylation is 1. The number of methoxy groups -OCH3 is 1. The minimum absolute atomic E-state index is 0.0752. The molecule has 0 saturated heterocycles. The van der Waals surface area contributed by atoms with E-state index in [9.17, 15) is 9.59 Å². The number of furan rings is 1. The molecule has 0 bridgehead atoms. The van der Waals surface area contributed by atoms with Gasteiger partial charge in [0, 0.05) is 30.0 Å². The monoisotopic (exact) mass is 316 g/mol. The van der Waals surface area contributed by atoms with Crippen molar-refractivity contribution in [3.63, 3.8) is 0 Å². The molecule has 1 saturated carbocycles. The van der Waals surface area contributed by atoms with Crippen molar-refractivity contribution in [2.45, 2.75) is 19.8 Å². The number of nitrogens with one attached hydrogen (secondary N) is 2. The predicted molar refractivity (Wildman–Crippen MR) is 85.6 cm³/mol. The van der Waals surface area contributed by atoms with Gasteiger partial charge < -0.3 is 19.8 Å². The first-order chi connectivity index (χ1) is 11.1. The molecule has 23 heavy (non-hydrogen) atoms. The van der Waals surface area contributed by atoms with Crippen LogP contribution in [-0.2, 0) is 4.79 Å². The maximum atomic E-state index is 12.2. The molecule has 1 aliphatic rings. The number of amides is 2. The molecule has 1 aliphatic carbocycles. The minimum atomic E-state index is -0.279. The summed E-state index contributed by atoms with van der Waals surface area (Å²) >= 11 is 0. The molecule has 0 aliphatic heterocycles. The Morgan fingerprint density at radius 3 is 2.70 bits per heavy atom. The molecule has 0 atom stereocenters. The third kappa shape index (κ3) is 3.31. The highest BCUT2D eigenvalue weighted by atomic mass is 16.5. The number of hydrogen-bond donors (Lipinski definition) is 2. The van der Waals surface area contributed by atoms with Gasteiger partial charge in [-0.15, -0.1) is 0 Å². The quantitative estimate of drug-likeness (QED) is 0.799. The fraction of sp³-hybridized carbons (Fsp3) is 0.412. The standard InChI is InChI=1S/C17H20N2O4/c1-10-13-9-12(22-2)5-6-14(13)23-15(10)17(21)19-8-7-18-16(20)11-3-4-11/h5-6,9,11H,3-4,7-8H2,1-2H3,(H,18,20)(H,19,21). The van der Waals surface area contributed by atoms with Crippen LogP contribution in [0.1, 0.15) is 29.0 Å². The van der Waals surface area contributed by atoms with E-state index >= 15 is 0 Å². The van der Waals surface area contributed by atoms with Gasteiger partial charge in [0.05, 0.1) is 7.11 Å². The molecule has 122 valence electrons. The third-order valence-electron chi connectivity index (χ3n) is 4.01. The summed E-state index contributed by atoms with van der Waals surface area (Å²) in [5.74, 6) is 0.987. The number of benzene rings is 1. The first kappa shape index (κ1) is 15.4. The van der Waals surface area contributed by atoms with Crippen molar-refractivity contribution in [2.24, 2.45) is 5.92 Å². The largest absolute Gasteiger partial charge is 0.497 e. The molecular weight excluding hydrogens is 296 g/mol. The van der Waals surface area contributed by atoms with Gasteiger partial charge in [-0.05, 0) is 38.0 Å². The van der Waals surface area contributed by atoms with Gasteiger partial charge in [0.1, 0.15) is 11.3 Å². The van der Waals surface area contributed by atoms with Crippen LogP contribution in [0.3, 0.4) is 0 Å². The van der Waals surface area contributed by atoms with E-state index in [1.807, 2.05) is 13.0 Å². The Morgan fingerprint density at radius 1 is 1.26 bits per heavy atom. The average molecular weight is 316 g/mol. The van der Waals surface area contributed by atoms with Crippen molar-refractivity contribution in [2.75, 3.05) is 20.2 Å². The number of hydrogen-bond acceptors (Lipinski definition) is 4. The lowest BCUT2D eigenvalue weighted by Gasteiger charge is -2.05. The second-order valence-corrected chi connectivity index (χ2v) is 5.74. The van der Waals surface area contributed by atoms with Crippen molar-refractivity contribution in [1.29, 1.82) is 0 Å². The van der Waals surface area contributed by atoms with Gasteiger partial charge in [0.2, 0.25) is 5.91 Å². The summed E-state index contributed by atoms with van der Waals surface area (Å²) in [7, 11) is 1.60. The van der Waals surface area contributed by atoms with Crippen molar-refractivity contribution >= 4 is 22.8 Å². The Hall–Kier alpha value is -2.50. The molecule has 2 amide bonds. The molecular formula is C17H20N2O4. The third-order valence-corrected chi connectivity index (χ3v) is 4.01. The number of ether oxygens (including phenoxy) is 1. The lowest BCUT2D eigenvalue weighted by Crippen LogP contribution is -2.35. The summed E-state index contributed by atoms with van der Waals surface area (Å²) in [6.07, 6.45) is 1.94. The molecule has 6 nitrogen and oxygen atoms in total. The van der Waals surface area contributed by atoms with Gasteiger partial charge in [-0.3, -0.25) is 9.59 Å². The zero-order valence-electron chi connectivity index (χ0n) is 13.3. The van der Waals surface area contributed by atoms with Crippen molar-refractivity contribution in [1.82, 2.24) is 10.6 Å². The number of fused-ring (bicyclic) bond motifs is 1. The van der Waals surface area contributed by atoms with Crippen LogP contribution in [0.5, 0.6) is 5.75 Å². The highest BCUT2D eigenvalue weighted by Gasteiger charge is 2.29. The summed E-state index contributed by atoms with van der Waals surface area (Å²) in [6, 6.07) is 5.43. The molecule has 0 radical (unpaired) electrons. The molecule has 2 aromatic rings. The van der Waals surface area contributed by atoms with Gasteiger partial charge in [-0.25, -0.2) is 0 Å². The SMILES string of the molecule is COc1ccc2oc(C(=O)NCCNC(=O)C3CC3)c(C)c2c1. The van der Waals surface area contributed by atoms with Crippen LogP contribution >= 0.6 is 0 Å². The van der Waals surface area contributed by atoms with Crippen LogP contribution in [0.15, 0.2) is 22.6 Å². The summed E-state index contributed by atoms with van der Waals surface area (Å²) in [5.41, 5.74) is 1.42. The lowest BCUT2D eigenvalue weighted by molar-refractivity contribution is -0.122. The van der Waals surface area contributed by atoms with Crippen LogP contribution in [0.2, 0.25) is 0 Å². The Balaban J connectivity index is 1.61. The van der Waals surface area contributed by atoms with Crippen molar-refractivity contribution in [3.8, 4) is 5.75 Å². The van der Waals surface area contributed by atoms with Gasteiger partial charge in [0.25, 0.3) is 5.91 Å². The number of rotatable bonds is 6. The minimum Gasteiger partial charge on any atom is -0.497 e. The second kappa shape index (κ2) is 6.32. The van der Waals surface area contributed by atoms with E-state index in [4.69, 9.17) is 9.15 Å². The highest BCUT2D eigenvalue weighted by Crippen LogP contribution is 2.29. The maximum Gasteiger partial charge on any atom is 0.287 e. The second-order valence-electron chi connectivity index (χ2n) is 5.74. The van der Waals surface area contributed by atoms with Crippen molar-refractivity contribution in [3.05, 3.63) is 29.5 Å². The molecule has 1 aromatic heterocycles. The Labute approximate surface area is 134 Å². The summed E-state index contributed by atoms with van der Waals surface area (Å²) in [5, 5.41) is 6.43. The molecule has 6 heteroatoms. The molecule has 2 N–H and O–H groups in total. The van der Waals surface area contributed by atoms with E-state index in [2.05, 4.69) is 10.6 Å². The highest BCUT2D eigenvalue weighted by molar-refractivity contribution is 5.99. The molecule has 1 aromatic carbocycles. The summed E-state index contributed by atoms with van der Waals surface area (Å²) < 4.78 is 10.8. The van der Waals surface area contributed by atoms with Crippen LogP contribution in [0, 0.1) is 12.8 Å². The smallest absolute Gasteiger partial charge is 0.287 e. The van der Waals surface area contributed by atoms with Crippen LogP contribution in [0.4, 0.5) is 0 Å². The Bertz CT molecular complexity index is 746. The van der Waals surface area contributed by atoms with E-state index in [-0.39, 0.29) is 17.7 Å². The van der Waals surface area contributed by atoms with E-state index in [0.717, 1.165) is 29.5 Å². The zero-order chi connectivity index (χ0) is 16.4. The molecule has 3 rings (SSSR count). The van der Waals surface area contributed by atoms with E-state index < -0.39 is 0 Å². The van der Waals surface area contributed by atoms with E-state index in [1.54, 1.807) is 19.2 Å². The van der Waals surface area contributed by atoms with Crippen molar-refractivity contribution < 1.29 is 18.7 Å². The van der Waals surface area contributed by atoms with Gasteiger partial charge in [-0.2, -0.15) is 0 Å². The fourth-order valence-electron chi connectivity index (χ4n) is 2.48. The number of carbonyl (C=O) groups is 2. The molecule has 0 spiro atoms. The average Bonchev–Trinajstić information content (AvgIpc) is 3.36. The van der Waals surface area contributed by atoms with E-state index in [1.165, 1.54) is 0 Å². The van der Waals surface area contributed by atoms with E-state index in [0.29, 0.717) is 24.4 Å². The van der Waals surface area contributed by atoms with Crippen LogP contribution in [0.25, 0.3) is 11.0 Å². The van der Waals surface area contributed by atoms with Crippen LogP contribution < -0.4 is 15.4 Å². The normalized spacial score (nSPS) is 13.8. The fourth-order valence-corrected chi connectivity index (χ4v) is 2.48. The molecule has 1 fully saturated rings. The maximum absolute atomic E-state index is 12.2. The van der Waals surface area contributed by atoms with Gasteiger partial charge in [0.15, 0.2) is 5.76 Å². The number of carbonyl (C=O) groups excluding carboxylic acids is 2. The Morgan fingerprint density at radius 2 is 2.00 bits per heavy atom. The molecule has 0 unspecified atom stereocenters. The zero-order valence-corrected chi connectivity index (χ0v) is 13.3. The first-order valence-corrected chi connectivity index (χ1v) is 7.73. The molecule has 1 heterocycles. The first-order valence-electron chi connectivity index (χ1n) is 7.73.